The number of hydrogen-bond acceptors (Lipinski definition) is 7. The van der Waals surface area contributed by atoms with Crippen LogP contribution in [0.15, 0.2) is 41.3 Å². The summed E-state index contributed by atoms with van der Waals surface area (Å²) in [6.07, 6.45) is 1.69. The Balaban J connectivity index is 2.11. The molecule has 2 aromatic carbocycles. The molecule has 0 spiro atoms. The fraction of sp³-hybridized carbons (Fsp3) is 0.235. The zero-order valence-corrected chi connectivity index (χ0v) is 15.1. The Bertz CT molecular complexity index is 846. The maximum atomic E-state index is 12.3. The van der Waals surface area contributed by atoms with Crippen molar-refractivity contribution in [3.63, 3.8) is 0 Å². The summed E-state index contributed by atoms with van der Waals surface area (Å²) in [6, 6.07) is 8.15. The summed E-state index contributed by atoms with van der Waals surface area (Å²) in [5.41, 5.74) is 0.313. The zero-order chi connectivity index (χ0) is 20.0. The molecule has 0 atom stereocenters. The third-order valence-corrected chi connectivity index (χ3v) is 4.21. The zero-order valence-electron chi connectivity index (χ0n) is 14.3. The van der Waals surface area contributed by atoms with Crippen LogP contribution >= 0.6 is 11.8 Å². The number of rotatable bonds is 8. The maximum Gasteiger partial charge on any atom is 0.387 e. The number of thioether (sulfide) groups is 1. The number of alkyl halides is 2. The minimum atomic E-state index is -3.00. The van der Waals surface area contributed by atoms with Crippen LogP contribution in [0.4, 0.5) is 14.5 Å². The van der Waals surface area contributed by atoms with Gasteiger partial charge in [-0.25, -0.2) is 4.79 Å². The quantitative estimate of drug-likeness (QED) is 0.283. The van der Waals surface area contributed by atoms with Crippen molar-refractivity contribution in [1.29, 1.82) is 0 Å². The number of hydrogen-bond donors (Lipinski definition) is 0. The van der Waals surface area contributed by atoms with E-state index < -0.39 is 17.5 Å². The molecule has 0 aliphatic rings. The summed E-state index contributed by atoms with van der Waals surface area (Å²) in [6.45, 7) is -3.18. The van der Waals surface area contributed by atoms with Gasteiger partial charge in [0, 0.05) is 6.07 Å². The van der Waals surface area contributed by atoms with Crippen LogP contribution in [0.3, 0.4) is 0 Å². The molecule has 0 aliphatic heterocycles. The fourth-order valence-electron chi connectivity index (χ4n) is 2.19. The van der Waals surface area contributed by atoms with Crippen LogP contribution in [0, 0.1) is 10.1 Å². The first kappa shape index (κ1) is 20.4. The lowest BCUT2D eigenvalue weighted by Gasteiger charge is -2.12. The number of methoxy groups -OCH3 is 1. The molecule has 0 bridgehead atoms. The van der Waals surface area contributed by atoms with Gasteiger partial charge < -0.3 is 14.2 Å². The summed E-state index contributed by atoms with van der Waals surface area (Å²) in [4.78, 5) is 23.1. The van der Waals surface area contributed by atoms with E-state index in [1.165, 1.54) is 49.2 Å². The minimum Gasteiger partial charge on any atom is -0.493 e. The molecule has 0 fully saturated rings. The molecule has 27 heavy (non-hydrogen) atoms. The normalized spacial score (nSPS) is 10.6. The van der Waals surface area contributed by atoms with E-state index >= 15 is 0 Å². The first-order valence-electron chi connectivity index (χ1n) is 7.47. The van der Waals surface area contributed by atoms with Gasteiger partial charge in [0.15, 0.2) is 11.5 Å². The van der Waals surface area contributed by atoms with Crippen molar-refractivity contribution in [2.24, 2.45) is 0 Å². The van der Waals surface area contributed by atoms with Crippen LogP contribution in [0.2, 0.25) is 0 Å². The SMILES string of the molecule is COc1cc(COC(=O)c2ccc(SC)c([N+](=O)[O-])c2)ccc1OC(F)F. The minimum absolute atomic E-state index is 0.0316. The number of benzene rings is 2. The lowest BCUT2D eigenvalue weighted by atomic mass is 10.2. The van der Waals surface area contributed by atoms with Crippen molar-refractivity contribution >= 4 is 23.4 Å². The van der Waals surface area contributed by atoms with Crippen molar-refractivity contribution in [3.05, 3.63) is 57.6 Å². The summed E-state index contributed by atoms with van der Waals surface area (Å²) in [5.74, 6) is -0.840. The molecule has 2 aromatic rings. The molecule has 0 aliphatic carbocycles. The molecule has 0 saturated carbocycles. The molecule has 0 radical (unpaired) electrons. The van der Waals surface area contributed by atoms with Gasteiger partial charge in [0.1, 0.15) is 6.61 Å². The molecule has 144 valence electrons. The third-order valence-electron chi connectivity index (χ3n) is 3.43. The second-order valence-corrected chi connectivity index (χ2v) is 5.93. The van der Waals surface area contributed by atoms with E-state index in [1.807, 2.05) is 0 Å². The largest absolute Gasteiger partial charge is 0.493 e. The second kappa shape index (κ2) is 9.17. The highest BCUT2D eigenvalue weighted by Crippen LogP contribution is 2.30. The van der Waals surface area contributed by atoms with Gasteiger partial charge in [-0.3, -0.25) is 10.1 Å². The highest BCUT2D eigenvalue weighted by Gasteiger charge is 2.18. The highest BCUT2D eigenvalue weighted by molar-refractivity contribution is 7.98. The maximum absolute atomic E-state index is 12.3. The molecule has 0 amide bonds. The van der Waals surface area contributed by atoms with Crippen molar-refractivity contribution in [2.75, 3.05) is 13.4 Å². The van der Waals surface area contributed by atoms with E-state index in [-0.39, 0.29) is 29.4 Å². The van der Waals surface area contributed by atoms with E-state index in [2.05, 4.69) is 4.74 Å². The Labute approximate surface area is 157 Å². The Hall–Kier alpha value is -2.88. The first-order chi connectivity index (χ1) is 12.8. The number of carbonyl (C=O) groups is 1. The van der Waals surface area contributed by atoms with Crippen LogP contribution in [-0.4, -0.2) is 30.9 Å². The third kappa shape index (κ3) is 5.30. The molecule has 0 saturated heterocycles. The molecular formula is C17H15F2NO6S. The first-order valence-corrected chi connectivity index (χ1v) is 8.69. The van der Waals surface area contributed by atoms with Crippen LogP contribution < -0.4 is 9.47 Å². The monoisotopic (exact) mass is 399 g/mol. The number of nitro benzene ring substituents is 1. The summed E-state index contributed by atoms with van der Waals surface area (Å²) in [7, 11) is 1.29. The number of nitro groups is 1. The van der Waals surface area contributed by atoms with Gasteiger partial charge in [-0.05, 0) is 36.1 Å². The Morgan fingerprint density at radius 1 is 1.22 bits per heavy atom. The van der Waals surface area contributed by atoms with Crippen LogP contribution in [-0.2, 0) is 11.3 Å². The topological polar surface area (TPSA) is 87.9 Å². The van der Waals surface area contributed by atoms with Crippen molar-refractivity contribution in [3.8, 4) is 11.5 Å². The number of carbonyl (C=O) groups excluding carboxylic acids is 1. The molecule has 10 heteroatoms. The molecule has 0 heterocycles. The van der Waals surface area contributed by atoms with E-state index in [1.54, 1.807) is 6.26 Å². The van der Waals surface area contributed by atoms with Gasteiger partial charge in [-0.15, -0.1) is 11.8 Å². The second-order valence-electron chi connectivity index (χ2n) is 5.08. The molecule has 7 nitrogen and oxygen atoms in total. The van der Waals surface area contributed by atoms with Gasteiger partial charge in [-0.1, -0.05) is 6.07 Å². The highest BCUT2D eigenvalue weighted by atomic mass is 32.2. The Morgan fingerprint density at radius 2 is 1.96 bits per heavy atom. The average Bonchev–Trinajstić information content (AvgIpc) is 2.65. The van der Waals surface area contributed by atoms with Crippen molar-refractivity contribution in [2.45, 2.75) is 18.1 Å². The number of ether oxygens (including phenoxy) is 3. The fourth-order valence-corrected chi connectivity index (χ4v) is 2.73. The van der Waals surface area contributed by atoms with Gasteiger partial charge in [-0.2, -0.15) is 8.78 Å². The van der Waals surface area contributed by atoms with E-state index in [9.17, 15) is 23.7 Å². The number of esters is 1. The summed E-state index contributed by atoms with van der Waals surface area (Å²) in [5, 5.41) is 11.1. The molecule has 2 rings (SSSR count). The number of halogens is 2. The van der Waals surface area contributed by atoms with Gasteiger partial charge in [0.25, 0.3) is 5.69 Å². The smallest absolute Gasteiger partial charge is 0.387 e. The van der Waals surface area contributed by atoms with Crippen LogP contribution in [0.5, 0.6) is 11.5 Å². The van der Waals surface area contributed by atoms with Crippen LogP contribution in [0.1, 0.15) is 15.9 Å². The molecule has 0 unspecified atom stereocenters. The Kier molecular flexibility index (Phi) is 6.94. The van der Waals surface area contributed by atoms with Crippen LogP contribution in [0.25, 0.3) is 0 Å². The van der Waals surface area contributed by atoms with E-state index in [4.69, 9.17) is 9.47 Å². The van der Waals surface area contributed by atoms with Crippen molar-refractivity contribution in [1.82, 2.24) is 0 Å². The molecule has 0 N–H and O–H groups in total. The predicted octanol–water partition coefficient (Wildman–Crippen LogP) is 4.28. The van der Waals surface area contributed by atoms with Gasteiger partial charge >= 0.3 is 12.6 Å². The van der Waals surface area contributed by atoms with Gasteiger partial charge in [0.2, 0.25) is 0 Å². The standard InChI is InChI=1S/C17H15F2NO6S/c1-24-14-7-10(3-5-13(14)26-17(18)19)9-25-16(21)11-4-6-15(27-2)12(8-11)20(22)23/h3-8,17H,9H2,1-2H3. The van der Waals surface area contributed by atoms with Gasteiger partial charge in [0.05, 0.1) is 22.5 Å². The molecule has 0 aromatic heterocycles. The number of nitrogens with zero attached hydrogens (tertiary/aromatic N) is 1. The van der Waals surface area contributed by atoms with E-state index in [0.717, 1.165) is 6.07 Å². The predicted molar refractivity (Wildman–Crippen MR) is 93.6 cm³/mol. The summed E-state index contributed by atoms with van der Waals surface area (Å²) >= 11 is 1.19. The van der Waals surface area contributed by atoms with Crippen molar-refractivity contribution < 1.29 is 32.7 Å². The lowest BCUT2D eigenvalue weighted by Crippen LogP contribution is -2.07. The Morgan fingerprint density at radius 3 is 2.56 bits per heavy atom. The average molecular weight is 399 g/mol. The van der Waals surface area contributed by atoms with E-state index in [0.29, 0.717) is 10.5 Å². The lowest BCUT2D eigenvalue weighted by molar-refractivity contribution is -0.387. The summed E-state index contributed by atoms with van der Waals surface area (Å²) < 4.78 is 39.1. The molecular weight excluding hydrogens is 384 g/mol.